The van der Waals surface area contributed by atoms with Crippen LogP contribution in [0.3, 0.4) is 0 Å². The minimum atomic E-state index is -0.798. The highest BCUT2D eigenvalue weighted by atomic mass is 16.4. The monoisotopic (exact) mass is 259 g/mol. The molecule has 1 heterocycles. The number of hydrogen-bond acceptors (Lipinski definition) is 2. The molecule has 102 valence electrons. The fourth-order valence-corrected chi connectivity index (χ4v) is 2.98. The van der Waals surface area contributed by atoms with Crippen molar-refractivity contribution in [1.29, 1.82) is 0 Å². The number of rotatable bonds is 2. The summed E-state index contributed by atoms with van der Waals surface area (Å²) in [5, 5.41) is 9.36. The maximum atomic E-state index is 11.4. The van der Waals surface area contributed by atoms with E-state index in [0.29, 0.717) is 0 Å². The summed E-state index contributed by atoms with van der Waals surface area (Å²) in [6.07, 6.45) is 2.14. The molecule has 1 N–H and O–H groups in total. The molecule has 0 aliphatic carbocycles. The zero-order chi connectivity index (χ0) is 14.4. The minimum Gasteiger partial charge on any atom is -0.480 e. The molecule has 19 heavy (non-hydrogen) atoms. The quantitative estimate of drug-likeness (QED) is 0.884. The standard InChI is InChI=1S/C16H21NO2/c1-10-6-7-13-11(2)9-16(4,5)17(14(13)8-10)12(3)15(18)19/h6-9,12H,1-5H3,(H,18,19)/t12-/m1/s1. The fourth-order valence-electron chi connectivity index (χ4n) is 2.98. The van der Waals surface area contributed by atoms with Crippen LogP contribution in [0.1, 0.15) is 38.8 Å². The third-order valence-corrected chi connectivity index (χ3v) is 3.77. The number of benzene rings is 1. The van der Waals surface area contributed by atoms with Crippen LogP contribution in [0, 0.1) is 6.92 Å². The minimum absolute atomic E-state index is 0.303. The average molecular weight is 259 g/mol. The summed E-state index contributed by atoms with van der Waals surface area (Å²) in [5.74, 6) is -0.798. The molecule has 3 heteroatoms. The summed E-state index contributed by atoms with van der Waals surface area (Å²) in [5.41, 5.74) is 4.18. The molecule has 2 rings (SSSR count). The van der Waals surface area contributed by atoms with Gasteiger partial charge < -0.3 is 10.0 Å². The Kier molecular flexibility index (Phi) is 3.17. The van der Waals surface area contributed by atoms with Gasteiger partial charge in [-0.05, 0) is 51.8 Å². The van der Waals surface area contributed by atoms with Crippen molar-refractivity contribution in [3.05, 3.63) is 35.4 Å². The number of aliphatic carboxylic acids is 1. The van der Waals surface area contributed by atoms with Crippen molar-refractivity contribution in [2.75, 3.05) is 4.90 Å². The molecule has 1 aromatic carbocycles. The van der Waals surface area contributed by atoms with E-state index in [2.05, 4.69) is 45.0 Å². The Morgan fingerprint density at radius 2 is 1.95 bits per heavy atom. The van der Waals surface area contributed by atoms with E-state index < -0.39 is 12.0 Å². The van der Waals surface area contributed by atoms with E-state index in [1.165, 1.54) is 5.57 Å². The van der Waals surface area contributed by atoms with Crippen molar-refractivity contribution < 1.29 is 9.90 Å². The van der Waals surface area contributed by atoms with Gasteiger partial charge in [0.1, 0.15) is 6.04 Å². The summed E-state index contributed by atoms with van der Waals surface area (Å²) in [6, 6.07) is 5.67. The molecule has 1 aliphatic heterocycles. The molecule has 0 spiro atoms. The molecule has 0 saturated heterocycles. The summed E-state index contributed by atoms with van der Waals surface area (Å²) in [7, 11) is 0. The zero-order valence-electron chi connectivity index (χ0n) is 12.2. The van der Waals surface area contributed by atoms with E-state index >= 15 is 0 Å². The largest absolute Gasteiger partial charge is 0.480 e. The van der Waals surface area contributed by atoms with Gasteiger partial charge in [-0.25, -0.2) is 4.79 Å². The van der Waals surface area contributed by atoms with E-state index in [1.54, 1.807) is 6.92 Å². The molecule has 0 bridgehead atoms. The van der Waals surface area contributed by atoms with Crippen LogP contribution < -0.4 is 4.90 Å². The van der Waals surface area contributed by atoms with E-state index in [9.17, 15) is 9.90 Å². The van der Waals surface area contributed by atoms with Gasteiger partial charge in [-0.1, -0.05) is 18.2 Å². The van der Waals surface area contributed by atoms with E-state index in [0.717, 1.165) is 16.8 Å². The van der Waals surface area contributed by atoms with Crippen LogP contribution in [0.25, 0.3) is 5.57 Å². The number of nitrogens with zero attached hydrogens (tertiary/aromatic N) is 1. The molecule has 1 atom stereocenters. The Morgan fingerprint density at radius 3 is 2.53 bits per heavy atom. The van der Waals surface area contributed by atoms with Crippen LogP contribution in [0.5, 0.6) is 0 Å². The van der Waals surface area contributed by atoms with Crippen molar-refractivity contribution in [3.8, 4) is 0 Å². The third kappa shape index (κ3) is 2.25. The zero-order valence-corrected chi connectivity index (χ0v) is 12.2. The molecule has 0 saturated carbocycles. The summed E-state index contributed by atoms with van der Waals surface area (Å²) in [4.78, 5) is 13.4. The predicted molar refractivity (Wildman–Crippen MR) is 78.5 cm³/mol. The predicted octanol–water partition coefficient (Wildman–Crippen LogP) is 3.47. The first-order valence-electron chi connectivity index (χ1n) is 6.56. The highest BCUT2D eigenvalue weighted by Crippen LogP contribution is 2.40. The van der Waals surface area contributed by atoms with Crippen LogP contribution >= 0.6 is 0 Å². The van der Waals surface area contributed by atoms with Gasteiger partial charge in [-0.2, -0.15) is 0 Å². The van der Waals surface area contributed by atoms with E-state index in [4.69, 9.17) is 0 Å². The fraction of sp³-hybridized carbons (Fsp3) is 0.438. The first-order chi connectivity index (χ1) is 8.74. The molecular formula is C16H21NO2. The molecule has 1 aliphatic rings. The number of carboxylic acids is 1. The van der Waals surface area contributed by atoms with Gasteiger partial charge in [0.25, 0.3) is 0 Å². The average Bonchev–Trinajstić information content (AvgIpc) is 2.26. The third-order valence-electron chi connectivity index (χ3n) is 3.77. The number of hydrogen-bond donors (Lipinski definition) is 1. The summed E-state index contributed by atoms with van der Waals surface area (Å²) in [6.45, 7) is 9.97. The number of carboxylic acid groups (broad SMARTS) is 1. The van der Waals surface area contributed by atoms with Crippen molar-refractivity contribution in [2.45, 2.75) is 46.2 Å². The van der Waals surface area contributed by atoms with Crippen LogP contribution in [0.4, 0.5) is 5.69 Å². The van der Waals surface area contributed by atoms with Gasteiger partial charge in [-0.15, -0.1) is 0 Å². The Hall–Kier alpha value is -1.77. The van der Waals surface area contributed by atoms with Crippen LogP contribution in [0.15, 0.2) is 24.3 Å². The van der Waals surface area contributed by atoms with Gasteiger partial charge in [0.05, 0.1) is 5.54 Å². The second kappa shape index (κ2) is 4.41. The lowest BCUT2D eigenvalue weighted by Crippen LogP contribution is -2.53. The van der Waals surface area contributed by atoms with Crippen LogP contribution in [-0.4, -0.2) is 22.7 Å². The first-order valence-corrected chi connectivity index (χ1v) is 6.56. The molecule has 1 aromatic rings. The smallest absolute Gasteiger partial charge is 0.326 e. The highest BCUT2D eigenvalue weighted by Gasteiger charge is 2.36. The van der Waals surface area contributed by atoms with Crippen LogP contribution in [0.2, 0.25) is 0 Å². The number of aryl methyl sites for hydroxylation is 1. The SMILES string of the molecule is CC1=CC(C)(C)N([C@H](C)C(=O)O)c2cc(C)ccc21. The Morgan fingerprint density at radius 1 is 1.32 bits per heavy atom. The lowest BCUT2D eigenvalue weighted by Gasteiger charge is -2.45. The second-order valence-electron chi connectivity index (χ2n) is 5.89. The normalized spacial score (nSPS) is 18.6. The molecule has 0 radical (unpaired) electrons. The van der Waals surface area contributed by atoms with Crippen molar-refractivity contribution in [1.82, 2.24) is 0 Å². The first kappa shape index (κ1) is 13.7. The molecule has 0 unspecified atom stereocenters. The molecular weight excluding hydrogens is 238 g/mol. The van der Waals surface area contributed by atoms with E-state index in [-0.39, 0.29) is 5.54 Å². The topological polar surface area (TPSA) is 40.5 Å². The summed E-state index contributed by atoms with van der Waals surface area (Å²) < 4.78 is 0. The number of carbonyl (C=O) groups is 1. The van der Waals surface area contributed by atoms with Crippen molar-refractivity contribution in [3.63, 3.8) is 0 Å². The van der Waals surface area contributed by atoms with Gasteiger partial charge in [0.2, 0.25) is 0 Å². The van der Waals surface area contributed by atoms with Gasteiger partial charge in [-0.3, -0.25) is 0 Å². The van der Waals surface area contributed by atoms with Crippen molar-refractivity contribution >= 4 is 17.2 Å². The molecule has 0 amide bonds. The molecule has 3 nitrogen and oxygen atoms in total. The van der Waals surface area contributed by atoms with Crippen LogP contribution in [-0.2, 0) is 4.79 Å². The second-order valence-corrected chi connectivity index (χ2v) is 5.89. The number of anilines is 1. The van der Waals surface area contributed by atoms with Gasteiger partial charge >= 0.3 is 5.97 Å². The summed E-state index contributed by atoms with van der Waals surface area (Å²) >= 11 is 0. The number of allylic oxidation sites excluding steroid dienone is 1. The lowest BCUT2D eigenvalue weighted by atomic mass is 9.87. The van der Waals surface area contributed by atoms with Gasteiger partial charge in [0.15, 0.2) is 0 Å². The highest BCUT2D eigenvalue weighted by molar-refractivity contribution is 5.86. The molecule has 0 aromatic heterocycles. The molecule has 0 fully saturated rings. The van der Waals surface area contributed by atoms with Crippen molar-refractivity contribution in [2.24, 2.45) is 0 Å². The number of fused-ring (bicyclic) bond motifs is 1. The maximum absolute atomic E-state index is 11.4. The Bertz CT molecular complexity index is 558. The van der Waals surface area contributed by atoms with E-state index in [1.807, 2.05) is 11.8 Å². The lowest BCUT2D eigenvalue weighted by molar-refractivity contribution is -0.138. The Labute approximate surface area is 114 Å². The Balaban J connectivity index is 2.66. The maximum Gasteiger partial charge on any atom is 0.326 e. The van der Waals surface area contributed by atoms with Gasteiger partial charge in [0, 0.05) is 11.3 Å².